The minimum absolute atomic E-state index is 0.139. The highest BCUT2D eigenvalue weighted by Crippen LogP contribution is 2.22. The molecule has 0 aliphatic heterocycles. The molecule has 0 radical (unpaired) electrons. The van der Waals surface area contributed by atoms with Gasteiger partial charge in [0, 0.05) is 12.6 Å². The zero-order valence-corrected chi connectivity index (χ0v) is 9.56. The highest BCUT2D eigenvalue weighted by atomic mass is 16.5. The third-order valence-corrected chi connectivity index (χ3v) is 2.76. The van der Waals surface area contributed by atoms with Gasteiger partial charge in [-0.25, -0.2) is 0 Å². The van der Waals surface area contributed by atoms with E-state index in [1.165, 1.54) is 18.4 Å². The number of nitrogens with one attached hydrogen (secondary N) is 1. The summed E-state index contributed by atoms with van der Waals surface area (Å²) in [4.78, 5) is 0. The maximum atomic E-state index is 5.77. The van der Waals surface area contributed by atoms with Crippen LogP contribution in [0.1, 0.15) is 24.5 Å². The summed E-state index contributed by atoms with van der Waals surface area (Å²) in [6.45, 7) is 5.18. The lowest BCUT2D eigenvalue weighted by atomic mass is 10.1. The van der Waals surface area contributed by atoms with Crippen LogP contribution in [0.15, 0.2) is 43.0 Å². The largest absolute Gasteiger partial charge is 0.368 e. The summed E-state index contributed by atoms with van der Waals surface area (Å²) in [5.74, 6) is 0. The van der Waals surface area contributed by atoms with E-state index in [1.807, 2.05) is 6.07 Å². The molecule has 0 heterocycles. The summed E-state index contributed by atoms with van der Waals surface area (Å²) in [6.07, 6.45) is 4.55. The Hall–Kier alpha value is -1.12. The van der Waals surface area contributed by atoms with Crippen LogP contribution in [0.3, 0.4) is 0 Å². The van der Waals surface area contributed by atoms with Gasteiger partial charge in [0.25, 0.3) is 0 Å². The van der Waals surface area contributed by atoms with E-state index in [1.54, 1.807) is 6.08 Å². The Morgan fingerprint density at radius 3 is 2.75 bits per heavy atom. The Morgan fingerprint density at radius 2 is 2.12 bits per heavy atom. The van der Waals surface area contributed by atoms with Crippen LogP contribution in [-0.2, 0) is 4.74 Å². The van der Waals surface area contributed by atoms with E-state index >= 15 is 0 Å². The van der Waals surface area contributed by atoms with Crippen molar-refractivity contribution in [2.45, 2.75) is 25.0 Å². The molecule has 0 aromatic heterocycles. The first-order chi connectivity index (χ1) is 7.90. The molecular formula is C14H19NO. The van der Waals surface area contributed by atoms with Crippen molar-refractivity contribution in [3.05, 3.63) is 48.6 Å². The average molecular weight is 217 g/mol. The minimum atomic E-state index is 0.139. The Kier molecular flexibility index (Phi) is 4.14. The van der Waals surface area contributed by atoms with Gasteiger partial charge in [-0.2, -0.15) is 0 Å². The second kappa shape index (κ2) is 5.83. The van der Waals surface area contributed by atoms with E-state index in [4.69, 9.17) is 4.74 Å². The molecule has 0 spiro atoms. The third kappa shape index (κ3) is 3.47. The number of benzene rings is 1. The van der Waals surface area contributed by atoms with Gasteiger partial charge in [0.1, 0.15) is 0 Å². The Balaban J connectivity index is 1.92. The molecule has 86 valence electrons. The van der Waals surface area contributed by atoms with Crippen LogP contribution in [0.25, 0.3) is 0 Å². The van der Waals surface area contributed by atoms with Crippen molar-refractivity contribution in [2.75, 3.05) is 13.2 Å². The molecule has 1 saturated carbocycles. The molecule has 1 aromatic rings. The predicted octanol–water partition coefficient (Wildman–Crippen LogP) is 2.68. The van der Waals surface area contributed by atoms with Gasteiger partial charge in [-0.1, -0.05) is 36.4 Å². The second-order valence-electron chi connectivity index (χ2n) is 4.20. The van der Waals surface area contributed by atoms with Gasteiger partial charge in [0.2, 0.25) is 0 Å². The van der Waals surface area contributed by atoms with E-state index in [0.29, 0.717) is 6.61 Å². The van der Waals surface area contributed by atoms with Gasteiger partial charge in [-0.15, -0.1) is 6.58 Å². The first kappa shape index (κ1) is 11.4. The predicted molar refractivity (Wildman–Crippen MR) is 66.4 cm³/mol. The van der Waals surface area contributed by atoms with Crippen LogP contribution in [-0.4, -0.2) is 19.2 Å². The third-order valence-electron chi connectivity index (χ3n) is 2.76. The smallest absolute Gasteiger partial charge is 0.0953 e. The Labute approximate surface area is 97.3 Å². The molecule has 1 aromatic carbocycles. The maximum absolute atomic E-state index is 5.77. The van der Waals surface area contributed by atoms with Crippen LogP contribution in [0.4, 0.5) is 0 Å². The molecule has 1 fully saturated rings. The quantitative estimate of drug-likeness (QED) is 0.709. The van der Waals surface area contributed by atoms with Gasteiger partial charge in [0.05, 0.1) is 12.7 Å². The first-order valence-electron chi connectivity index (χ1n) is 5.91. The van der Waals surface area contributed by atoms with Crippen molar-refractivity contribution in [3.8, 4) is 0 Å². The van der Waals surface area contributed by atoms with Crippen molar-refractivity contribution in [2.24, 2.45) is 0 Å². The monoisotopic (exact) mass is 217 g/mol. The van der Waals surface area contributed by atoms with E-state index in [0.717, 1.165) is 12.6 Å². The molecule has 1 atom stereocenters. The van der Waals surface area contributed by atoms with Crippen molar-refractivity contribution < 1.29 is 4.74 Å². The first-order valence-corrected chi connectivity index (χ1v) is 5.91. The molecule has 1 N–H and O–H groups in total. The molecule has 0 saturated heterocycles. The molecule has 2 nitrogen and oxygen atoms in total. The summed E-state index contributed by atoms with van der Waals surface area (Å²) < 4.78 is 5.77. The fourth-order valence-corrected chi connectivity index (χ4v) is 1.69. The van der Waals surface area contributed by atoms with Crippen LogP contribution >= 0.6 is 0 Å². The lowest BCUT2D eigenvalue weighted by molar-refractivity contribution is 0.0736. The lowest BCUT2D eigenvalue weighted by Gasteiger charge is -2.18. The number of hydrogen-bond acceptors (Lipinski definition) is 2. The molecule has 1 aliphatic carbocycles. The van der Waals surface area contributed by atoms with Crippen LogP contribution < -0.4 is 5.32 Å². The molecular weight excluding hydrogens is 198 g/mol. The van der Waals surface area contributed by atoms with Crippen molar-refractivity contribution in [1.29, 1.82) is 0 Å². The number of rotatable bonds is 7. The fourth-order valence-electron chi connectivity index (χ4n) is 1.69. The van der Waals surface area contributed by atoms with E-state index in [9.17, 15) is 0 Å². The van der Waals surface area contributed by atoms with Crippen molar-refractivity contribution in [1.82, 2.24) is 5.32 Å². The highest BCUT2D eigenvalue weighted by molar-refractivity contribution is 5.18. The van der Waals surface area contributed by atoms with E-state index in [2.05, 4.69) is 36.2 Å². The molecule has 1 aliphatic rings. The molecule has 1 unspecified atom stereocenters. The van der Waals surface area contributed by atoms with Gasteiger partial charge < -0.3 is 10.1 Å². The molecule has 0 bridgehead atoms. The summed E-state index contributed by atoms with van der Waals surface area (Å²) in [5, 5.41) is 3.50. The topological polar surface area (TPSA) is 21.3 Å². The Morgan fingerprint density at radius 1 is 1.38 bits per heavy atom. The minimum Gasteiger partial charge on any atom is -0.368 e. The normalized spacial score (nSPS) is 17.0. The molecule has 2 heteroatoms. The number of ether oxygens (including phenoxy) is 1. The molecule has 16 heavy (non-hydrogen) atoms. The Bertz CT molecular complexity index is 319. The zero-order valence-electron chi connectivity index (χ0n) is 9.56. The van der Waals surface area contributed by atoms with E-state index < -0.39 is 0 Å². The second-order valence-corrected chi connectivity index (χ2v) is 4.20. The van der Waals surface area contributed by atoms with Crippen molar-refractivity contribution in [3.63, 3.8) is 0 Å². The maximum Gasteiger partial charge on any atom is 0.0953 e. The van der Waals surface area contributed by atoms with E-state index in [-0.39, 0.29) is 6.10 Å². The van der Waals surface area contributed by atoms with Gasteiger partial charge >= 0.3 is 0 Å². The standard InChI is InChI=1S/C14H19NO/c1-2-10-16-14(11-15-13-8-9-13)12-6-4-3-5-7-12/h2-7,13-15H,1,8-11H2. The van der Waals surface area contributed by atoms with Crippen LogP contribution in [0.5, 0.6) is 0 Å². The fraction of sp³-hybridized carbons (Fsp3) is 0.429. The highest BCUT2D eigenvalue weighted by Gasteiger charge is 2.22. The van der Waals surface area contributed by atoms with Gasteiger partial charge in [-0.05, 0) is 18.4 Å². The van der Waals surface area contributed by atoms with Gasteiger partial charge in [0.15, 0.2) is 0 Å². The molecule has 2 rings (SSSR count). The molecule has 0 amide bonds. The summed E-state index contributed by atoms with van der Waals surface area (Å²) >= 11 is 0. The van der Waals surface area contributed by atoms with Crippen molar-refractivity contribution >= 4 is 0 Å². The van der Waals surface area contributed by atoms with Crippen LogP contribution in [0.2, 0.25) is 0 Å². The summed E-state index contributed by atoms with van der Waals surface area (Å²) in [5.41, 5.74) is 1.23. The van der Waals surface area contributed by atoms with Gasteiger partial charge in [-0.3, -0.25) is 0 Å². The zero-order chi connectivity index (χ0) is 11.2. The van der Waals surface area contributed by atoms with Crippen LogP contribution in [0, 0.1) is 0 Å². The summed E-state index contributed by atoms with van der Waals surface area (Å²) in [7, 11) is 0. The average Bonchev–Trinajstić information content (AvgIpc) is 3.14. The number of hydrogen-bond donors (Lipinski definition) is 1. The lowest BCUT2D eigenvalue weighted by Crippen LogP contribution is -2.25. The summed E-state index contributed by atoms with van der Waals surface area (Å²) in [6, 6.07) is 11.1. The SMILES string of the molecule is C=CCOC(CNC1CC1)c1ccccc1.